The molecular weight excluding hydrogens is 216 g/mol. The predicted octanol–water partition coefficient (Wildman–Crippen LogP) is 2.07. The zero-order valence-electron chi connectivity index (χ0n) is 9.89. The van der Waals surface area contributed by atoms with E-state index in [1.54, 1.807) is 12.5 Å². The largest absolute Gasteiger partial charge is 0.469 e. The zero-order valence-corrected chi connectivity index (χ0v) is 9.89. The van der Waals surface area contributed by atoms with Crippen LogP contribution in [-0.4, -0.2) is 14.9 Å². The Hall–Kier alpha value is -1.55. The first kappa shape index (κ1) is 10.6. The van der Waals surface area contributed by atoms with E-state index in [1.165, 1.54) is 0 Å². The van der Waals surface area contributed by atoms with E-state index in [9.17, 15) is 5.11 Å². The molecule has 3 rings (SSSR count). The summed E-state index contributed by atoms with van der Waals surface area (Å²) in [5, 5.41) is 15.1. The lowest BCUT2D eigenvalue weighted by molar-refractivity contribution is 0.0588. The lowest BCUT2D eigenvalue weighted by Crippen LogP contribution is -2.30. The Morgan fingerprint density at radius 2 is 2.47 bits per heavy atom. The fourth-order valence-corrected chi connectivity index (χ4v) is 2.59. The molecule has 90 valence electrons. The minimum atomic E-state index is -0.923. The van der Waals surface area contributed by atoms with Gasteiger partial charge in [-0.05, 0) is 25.8 Å². The molecule has 0 saturated heterocycles. The average molecular weight is 232 g/mol. The van der Waals surface area contributed by atoms with E-state index in [2.05, 4.69) is 5.10 Å². The highest BCUT2D eigenvalue weighted by Crippen LogP contribution is 2.40. The second-order valence-electron chi connectivity index (χ2n) is 4.56. The van der Waals surface area contributed by atoms with Gasteiger partial charge >= 0.3 is 0 Å². The van der Waals surface area contributed by atoms with Gasteiger partial charge in [0.2, 0.25) is 0 Å². The minimum Gasteiger partial charge on any atom is -0.469 e. The van der Waals surface area contributed by atoms with Crippen molar-refractivity contribution in [2.24, 2.45) is 0 Å². The summed E-state index contributed by atoms with van der Waals surface area (Å²) in [6.07, 6.45) is 7.91. The molecule has 2 heterocycles. The van der Waals surface area contributed by atoms with Crippen LogP contribution in [0.15, 0.2) is 29.1 Å². The van der Waals surface area contributed by atoms with Crippen molar-refractivity contribution in [1.82, 2.24) is 9.78 Å². The van der Waals surface area contributed by atoms with E-state index in [4.69, 9.17) is 4.42 Å². The highest BCUT2D eigenvalue weighted by molar-refractivity contribution is 5.37. The molecule has 2 aromatic heterocycles. The van der Waals surface area contributed by atoms with Crippen molar-refractivity contribution in [2.75, 3.05) is 0 Å². The van der Waals surface area contributed by atoms with Crippen molar-refractivity contribution >= 4 is 0 Å². The summed E-state index contributed by atoms with van der Waals surface area (Å²) in [5.41, 5.74) is 0.842. The quantitative estimate of drug-likeness (QED) is 0.862. The number of aromatic nitrogens is 2. The lowest BCUT2D eigenvalue weighted by Gasteiger charge is -2.30. The molecule has 0 saturated carbocycles. The third-order valence-electron chi connectivity index (χ3n) is 3.57. The summed E-state index contributed by atoms with van der Waals surface area (Å²) in [6, 6.07) is 1.87. The number of hydrogen-bond donors (Lipinski definition) is 1. The van der Waals surface area contributed by atoms with E-state index in [0.29, 0.717) is 0 Å². The molecule has 4 nitrogen and oxygen atoms in total. The fraction of sp³-hybridized carbons (Fsp3) is 0.462. The van der Waals surface area contributed by atoms with Gasteiger partial charge in [-0.25, -0.2) is 0 Å². The maximum absolute atomic E-state index is 10.9. The number of aryl methyl sites for hydroxylation is 2. The second-order valence-corrected chi connectivity index (χ2v) is 4.56. The van der Waals surface area contributed by atoms with Crippen LogP contribution in [0, 0.1) is 0 Å². The third-order valence-corrected chi connectivity index (χ3v) is 3.57. The molecule has 0 spiro atoms. The Kier molecular flexibility index (Phi) is 2.33. The molecule has 1 atom stereocenters. The van der Waals surface area contributed by atoms with Gasteiger partial charge in [0, 0.05) is 30.3 Å². The van der Waals surface area contributed by atoms with Crippen LogP contribution in [0.2, 0.25) is 0 Å². The summed E-state index contributed by atoms with van der Waals surface area (Å²) in [5.74, 6) is 0.906. The zero-order chi connectivity index (χ0) is 11.9. The van der Waals surface area contributed by atoms with E-state index in [1.807, 2.05) is 23.9 Å². The van der Waals surface area contributed by atoms with Crippen LogP contribution in [0.4, 0.5) is 0 Å². The number of furan rings is 1. The molecule has 1 unspecified atom stereocenters. The van der Waals surface area contributed by atoms with Crippen molar-refractivity contribution in [3.63, 3.8) is 0 Å². The van der Waals surface area contributed by atoms with E-state index in [-0.39, 0.29) is 0 Å². The standard InChI is InChI=1S/C13H16N2O2/c1-2-15-9-10(8-14-15)13(16)6-3-4-12-11(13)5-7-17-12/h5,7-9,16H,2-4,6H2,1H3. The van der Waals surface area contributed by atoms with Crippen LogP contribution in [-0.2, 0) is 18.6 Å². The first-order chi connectivity index (χ1) is 8.24. The topological polar surface area (TPSA) is 51.2 Å². The molecule has 0 bridgehead atoms. The van der Waals surface area contributed by atoms with Crippen molar-refractivity contribution < 1.29 is 9.52 Å². The molecule has 0 aromatic carbocycles. The highest BCUT2D eigenvalue weighted by Gasteiger charge is 2.38. The van der Waals surface area contributed by atoms with Crippen molar-refractivity contribution in [3.8, 4) is 0 Å². The van der Waals surface area contributed by atoms with Gasteiger partial charge in [-0.15, -0.1) is 0 Å². The normalized spacial score (nSPS) is 23.6. The molecular formula is C13H16N2O2. The van der Waals surface area contributed by atoms with Crippen LogP contribution in [0.5, 0.6) is 0 Å². The van der Waals surface area contributed by atoms with E-state index < -0.39 is 5.60 Å². The van der Waals surface area contributed by atoms with Crippen molar-refractivity contribution in [1.29, 1.82) is 0 Å². The van der Waals surface area contributed by atoms with Gasteiger partial charge in [-0.3, -0.25) is 4.68 Å². The van der Waals surface area contributed by atoms with E-state index in [0.717, 1.165) is 42.7 Å². The second kappa shape index (κ2) is 3.74. The van der Waals surface area contributed by atoms with E-state index >= 15 is 0 Å². The van der Waals surface area contributed by atoms with Crippen LogP contribution in [0.1, 0.15) is 36.7 Å². The maximum atomic E-state index is 10.9. The van der Waals surface area contributed by atoms with Gasteiger partial charge in [0.1, 0.15) is 11.4 Å². The summed E-state index contributed by atoms with van der Waals surface area (Å²) >= 11 is 0. The van der Waals surface area contributed by atoms with Gasteiger partial charge in [0.25, 0.3) is 0 Å². The summed E-state index contributed by atoms with van der Waals surface area (Å²) in [4.78, 5) is 0. The molecule has 4 heteroatoms. The molecule has 1 aliphatic rings. The number of aliphatic hydroxyl groups is 1. The molecule has 1 N–H and O–H groups in total. The van der Waals surface area contributed by atoms with Crippen LogP contribution in [0.25, 0.3) is 0 Å². The number of fused-ring (bicyclic) bond motifs is 1. The molecule has 1 aliphatic carbocycles. The Morgan fingerprint density at radius 3 is 3.24 bits per heavy atom. The maximum Gasteiger partial charge on any atom is 0.121 e. The average Bonchev–Trinajstić information content (AvgIpc) is 2.98. The third kappa shape index (κ3) is 1.52. The summed E-state index contributed by atoms with van der Waals surface area (Å²) in [7, 11) is 0. The van der Waals surface area contributed by atoms with Crippen LogP contribution < -0.4 is 0 Å². The minimum absolute atomic E-state index is 0.731. The number of hydrogen-bond acceptors (Lipinski definition) is 3. The Labute approximate surface area is 99.9 Å². The first-order valence-electron chi connectivity index (χ1n) is 6.06. The Morgan fingerprint density at radius 1 is 1.59 bits per heavy atom. The highest BCUT2D eigenvalue weighted by atomic mass is 16.3. The van der Waals surface area contributed by atoms with Crippen molar-refractivity contribution in [3.05, 3.63) is 41.6 Å². The molecule has 2 aromatic rings. The van der Waals surface area contributed by atoms with Crippen molar-refractivity contribution in [2.45, 2.75) is 38.3 Å². The van der Waals surface area contributed by atoms with Gasteiger partial charge in [-0.2, -0.15) is 5.10 Å². The molecule has 0 fully saturated rings. The summed E-state index contributed by atoms with van der Waals surface area (Å²) < 4.78 is 7.25. The first-order valence-corrected chi connectivity index (χ1v) is 6.06. The van der Waals surface area contributed by atoms with Gasteiger partial charge in [0.05, 0.1) is 12.5 Å². The fourth-order valence-electron chi connectivity index (χ4n) is 2.59. The number of nitrogens with zero attached hydrogens (tertiary/aromatic N) is 2. The lowest BCUT2D eigenvalue weighted by atomic mass is 9.79. The molecule has 0 radical (unpaired) electrons. The van der Waals surface area contributed by atoms with Gasteiger partial charge in [0.15, 0.2) is 0 Å². The Balaban J connectivity index is 2.08. The van der Waals surface area contributed by atoms with Gasteiger partial charge < -0.3 is 9.52 Å². The monoisotopic (exact) mass is 232 g/mol. The predicted molar refractivity (Wildman–Crippen MR) is 62.5 cm³/mol. The molecule has 0 amide bonds. The molecule has 0 aliphatic heterocycles. The van der Waals surface area contributed by atoms with Crippen LogP contribution >= 0.6 is 0 Å². The molecule has 17 heavy (non-hydrogen) atoms. The SMILES string of the molecule is CCn1cc(C2(O)CCCc3occc32)cn1. The Bertz CT molecular complexity index is 529. The smallest absolute Gasteiger partial charge is 0.121 e. The summed E-state index contributed by atoms with van der Waals surface area (Å²) in [6.45, 7) is 2.85. The van der Waals surface area contributed by atoms with Crippen LogP contribution in [0.3, 0.4) is 0 Å². The van der Waals surface area contributed by atoms with Gasteiger partial charge in [-0.1, -0.05) is 0 Å². The number of rotatable bonds is 2.